The fourth-order valence-electron chi connectivity index (χ4n) is 5.42. The zero-order chi connectivity index (χ0) is 28.8. The van der Waals surface area contributed by atoms with Gasteiger partial charge in [-0.05, 0) is 57.2 Å². The largest absolute Gasteiger partial charge is 0.429 e. The van der Waals surface area contributed by atoms with Crippen molar-refractivity contribution in [3.05, 3.63) is 52.5 Å². The molecule has 0 radical (unpaired) electrons. The summed E-state index contributed by atoms with van der Waals surface area (Å²) in [6.45, 7) is -1.52. The van der Waals surface area contributed by atoms with Crippen LogP contribution in [0.3, 0.4) is 0 Å². The molecule has 1 saturated carbocycles. The van der Waals surface area contributed by atoms with E-state index in [1.54, 1.807) is 6.92 Å². The molecular weight excluding hydrogens is 558 g/mol. The highest BCUT2D eigenvalue weighted by atomic mass is 32.2. The lowest BCUT2D eigenvalue weighted by Crippen LogP contribution is -2.42. The molecule has 5 rings (SSSR count). The first kappa shape index (κ1) is 28.2. The highest BCUT2D eigenvalue weighted by Gasteiger charge is 2.40. The average molecular weight is 586 g/mol. The Morgan fingerprint density at radius 2 is 1.80 bits per heavy atom. The number of benzene rings is 1. The van der Waals surface area contributed by atoms with Gasteiger partial charge in [0.1, 0.15) is 17.3 Å². The Balaban J connectivity index is 1.39. The molecule has 2 aromatic heterocycles. The number of hydrogen-bond donors (Lipinski definition) is 2. The Kier molecular flexibility index (Phi) is 7.48. The number of nitrogens with one attached hydrogen (secondary N) is 1. The number of sulfonamides is 1. The van der Waals surface area contributed by atoms with E-state index >= 15 is 0 Å². The van der Waals surface area contributed by atoms with Crippen molar-refractivity contribution in [2.75, 3.05) is 18.4 Å². The van der Waals surface area contributed by atoms with Crippen LogP contribution in [0.5, 0.6) is 5.75 Å². The molecule has 2 atom stereocenters. The lowest BCUT2D eigenvalue weighted by molar-refractivity contribution is -0.0513. The van der Waals surface area contributed by atoms with Crippen molar-refractivity contribution in [2.24, 2.45) is 0 Å². The maximum atomic E-state index is 13.6. The van der Waals surface area contributed by atoms with Crippen LogP contribution in [0.2, 0.25) is 0 Å². The zero-order valence-electron chi connectivity index (χ0n) is 21.4. The van der Waals surface area contributed by atoms with Gasteiger partial charge in [0.05, 0.1) is 16.5 Å². The van der Waals surface area contributed by atoms with Crippen LogP contribution in [0.15, 0.2) is 40.2 Å². The fraction of sp³-hybridized carbons (Fsp3) is 0.480. The quantitative estimate of drug-likeness (QED) is 0.404. The molecule has 1 aliphatic heterocycles. The predicted molar refractivity (Wildman–Crippen MR) is 136 cm³/mol. The molecule has 3 aromatic rings. The second-order valence-corrected chi connectivity index (χ2v) is 12.2. The number of rotatable bonds is 7. The van der Waals surface area contributed by atoms with E-state index in [4.69, 9.17) is 0 Å². The van der Waals surface area contributed by atoms with Crippen LogP contribution < -0.4 is 15.6 Å². The third-order valence-electron chi connectivity index (χ3n) is 7.41. The normalized spacial score (nSPS) is 22.7. The molecule has 2 aliphatic rings. The minimum absolute atomic E-state index is 0.0652. The Morgan fingerprint density at radius 1 is 1.12 bits per heavy atom. The van der Waals surface area contributed by atoms with Crippen LogP contribution in [0.4, 0.5) is 23.5 Å². The number of halogens is 4. The number of aromatic nitrogens is 3. The summed E-state index contributed by atoms with van der Waals surface area (Å²) in [5.41, 5.74) is -2.00. The van der Waals surface area contributed by atoms with E-state index in [1.165, 1.54) is 10.8 Å². The second-order valence-electron chi connectivity index (χ2n) is 10.2. The van der Waals surface area contributed by atoms with Crippen LogP contribution in [-0.2, 0) is 10.0 Å². The third kappa shape index (κ3) is 5.49. The Morgan fingerprint density at radius 3 is 2.40 bits per heavy atom. The van der Waals surface area contributed by atoms with Crippen molar-refractivity contribution in [2.45, 2.75) is 68.2 Å². The molecule has 10 nitrogen and oxygen atoms in total. The number of fused-ring (bicyclic) bond motifs is 1. The molecule has 1 aliphatic carbocycles. The van der Waals surface area contributed by atoms with Crippen molar-refractivity contribution in [1.29, 1.82) is 0 Å². The van der Waals surface area contributed by atoms with E-state index in [-0.39, 0.29) is 36.1 Å². The maximum absolute atomic E-state index is 13.6. The third-order valence-corrected chi connectivity index (χ3v) is 9.28. The van der Waals surface area contributed by atoms with Gasteiger partial charge in [0, 0.05) is 36.8 Å². The smallest absolute Gasteiger partial charge is 0.387 e. The summed E-state index contributed by atoms with van der Waals surface area (Å²) in [4.78, 5) is 21.4. The summed E-state index contributed by atoms with van der Waals surface area (Å²) < 4.78 is 85.7. The summed E-state index contributed by atoms with van der Waals surface area (Å²) in [6.07, 6.45) is 3.44. The molecule has 40 heavy (non-hydrogen) atoms. The summed E-state index contributed by atoms with van der Waals surface area (Å²) in [5.74, 6) is -2.45. The molecular formula is C25H27F4N5O5S. The molecule has 2 fully saturated rings. The summed E-state index contributed by atoms with van der Waals surface area (Å²) >= 11 is 0. The van der Waals surface area contributed by atoms with E-state index in [9.17, 15) is 35.9 Å². The molecule has 0 unspecified atom stereocenters. The number of alkyl halides is 2. The van der Waals surface area contributed by atoms with Gasteiger partial charge in [-0.1, -0.05) is 0 Å². The number of aliphatic hydroxyl groups is 1. The zero-order valence-corrected chi connectivity index (χ0v) is 22.2. The molecule has 0 amide bonds. The topological polar surface area (TPSA) is 127 Å². The van der Waals surface area contributed by atoms with Gasteiger partial charge >= 0.3 is 6.61 Å². The monoisotopic (exact) mass is 585 g/mol. The van der Waals surface area contributed by atoms with Crippen LogP contribution in [-0.4, -0.2) is 63.7 Å². The van der Waals surface area contributed by atoms with E-state index in [2.05, 4.69) is 20.0 Å². The Bertz CT molecular complexity index is 1570. The lowest BCUT2D eigenvalue weighted by atomic mass is 10.00. The molecule has 2 N–H and O–H groups in total. The van der Waals surface area contributed by atoms with Crippen molar-refractivity contribution in [3.8, 4) is 5.75 Å². The fourth-order valence-corrected chi connectivity index (χ4v) is 6.93. The van der Waals surface area contributed by atoms with Gasteiger partial charge in [0.2, 0.25) is 16.0 Å². The minimum Gasteiger partial charge on any atom is -0.429 e. The van der Waals surface area contributed by atoms with Crippen LogP contribution in [0.25, 0.3) is 11.0 Å². The molecule has 1 aromatic carbocycles. The molecule has 15 heteroatoms. The van der Waals surface area contributed by atoms with E-state index < -0.39 is 56.1 Å². The highest BCUT2D eigenvalue weighted by Crippen LogP contribution is 2.40. The van der Waals surface area contributed by atoms with Crippen molar-refractivity contribution in [1.82, 2.24) is 18.8 Å². The van der Waals surface area contributed by atoms with Crippen molar-refractivity contribution < 1.29 is 35.8 Å². The van der Waals surface area contributed by atoms with E-state index in [1.807, 2.05) is 0 Å². The summed E-state index contributed by atoms with van der Waals surface area (Å²) in [7, 11) is -4.11. The first-order valence-corrected chi connectivity index (χ1v) is 14.1. The van der Waals surface area contributed by atoms with Gasteiger partial charge in [-0.2, -0.15) is 18.1 Å². The van der Waals surface area contributed by atoms with Gasteiger partial charge in [0.15, 0.2) is 5.75 Å². The van der Waals surface area contributed by atoms with Gasteiger partial charge < -0.3 is 15.2 Å². The highest BCUT2D eigenvalue weighted by molar-refractivity contribution is 7.89. The number of hydrogen-bond acceptors (Lipinski definition) is 8. The molecule has 0 spiro atoms. The Hall–Kier alpha value is -3.30. The number of pyridine rings is 1. The molecule has 0 bridgehead atoms. The number of piperidine rings is 1. The summed E-state index contributed by atoms with van der Waals surface area (Å²) in [5, 5.41) is 14.3. The first-order chi connectivity index (χ1) is 18.8. The second kappa shape index (κ2) is 10.6. The molecule has 216 valence electrons. The molecule has 1 saturated heterocycles. The minimum atomic E-state index is -4.11. The van der Waals surface area contributed by atoms with Gasteiger partial charge in [0.25, 0.3) is 5.56 Å². The standard InChI is InChI=1S/C25H27F4N5O5S/c1-25(36)6-2-3-20(25)34-21-14(9-19(22(34)35)39-23(28)29)13-30-24(32-21)31-17-4-7-33(8-5-17)40(37,38)18-11-15(26)10-16(27)12-18/h9-13,17,20,23,36H,2-8H2,1H3,(H,30,31,32)/t20-,25-/m1/s1. The summed E-state index contributed by atoms with van der Waals surface area (Å²) in [6, 6.07) is 2.26. The van der Waals surface area contributed by atoms with Gasteiger partial charge in [-0.15, -0.1) is 0 Å². The number of nitrogens with zero attached hydrogens (tertiary/aromatic N) is 4. The number of anilines is 1. The van der Waals surface area contributed by atoms with E-state index in [0.29, 0.717) is 38.2 Å². The SMILES string of the molecule is C[C@@]1(O)CCC[C@H]1n1c(=O)c(OC(F)F)cc2cnc(NC3CCN(S(=O)(=O)c4cc(F)cc(F)c4)CC3)nc21. The van der Waals surface area contributed by atoms with Gasteiger partial charge in [-0.25, -0.2) is 22.2 Å². The van der Waals surface area contributed by atoms with E-state index in [0.717, 1.165) is 22.5 Å². The maximum Gasteiger partial charge on any atom is 0.387 e. The number of ether oxygens (including phenoxy) is 1. The Labute approximate surface area is 226 Å². The average Bonchev–Trinajstić information content (AvgIpc) is 3.22. The predicted octanol–water partition coefficient (Wildman–Crippen LogP) is 3.41. The first-order valence-electron chi connectivity index (χ1n) is 12.7. The molecule has 3 heterocycles. The van der Waals surface area contributed by atoms with Gasteiger partial charge in [-0.3, -0.25) is 9.36 Å². The lowest BCUT2D eigenvalue weighted by Gasteiger charge is -2.32. The van der Waals surface area contributed by atoms with Crippen molar-refractivity contribution >= 4 is 27.0 Å². The van der Waals surface area contributed by atoms with Crippen molar-refractivity contribution in [3.63, 3.8) is 0 Å². The van der Waals surface area contributed by atoms with Crippen LogP contribution in [0.1, 0.15) is 45.1 Å². The van der Waals surface area contributed by atoms with Crippen LogP contribution >= 0.6 is 0 Å². The van der Waals surface area contributed by atoms with Crippen LogP contribution in [0, 0.1) is 11.6 Å².